The highest BCUT2D eigenvalue weighted by Crippen LogP contribution is 2.26. The van der Waals surface area contributed by atoms with Crippen LogP contribution in [-0.4, -0.2) is 0 Å². The fraction of sp³-hybridized carbons (Fsp3) is 0.294. The maximum atomic E-state index is 13.2. The van der Waals surface area contributed by atoms with Crippen LogP contribution in [0.15, 0.2) is 36.4 Å². The van der Waals surface area contributed by atoms with Crippen molar-refractivity contribution < 1.29 is 4.39 Å². The number of hydrogen-bond acceptors (Lipinski definition) is 1. The number of aryl methyl sites for hydroxylation is 3. The molecule has 19 heavy (non-hydrogen) atoms. The maximum Gasteiger partial charge on any atom is 0.125 e. The molecule has 0 saturated carbocycles. The highest BCUT2D eigenvalue weighted by Gasteiger charge is 2.12. The Bertz CT molecular complexity index is 567. The van der Waals surface area contributed by atoms with Gasteiger partial charge in [-0.1, -0.05) is 23.8 Å². The summed E-state index contributed by atoms with van der Waals surface area (Å²) >= 11 is 0. The Balaban J connectivity index is 2.28. The van der Waals surface area contributed by atoms with Crippen LogP contribution >= 0.6 is 0 Å². The van der Waals surface area contributed by atoms with E-state index in [0.29, 0.717) is 0 Å². The SMILES string of the molecule is Cc1cc(C)c(C(C)Nc2cccc(F)c2)c(C)c1. The summed E-state index contributed by atoms with van der Waals surface area (Å²) in [5, 5.41) is 3.36. The Hall–Kier alpha value is -1.83. The molecule has 2 heteroatoms. The average molecular weight is 257 g/mol. The molecule has 0 heterocycles. The van der Waals surface area contributed by atoms with Gasteiger partial charge in [0, 0.05) is 11.7 Å². The van der Waals surface area contributed by atoms with Crippen molar-refractivity contribution in [3.8, 4) is 0 Å². The van der Waals surface area contributed by atoms with Crippen LogP contribution < -0.4 is 5.32 Å². The molecule has 0 spiro atoms. The first-order chi connectivity index (χ1) is 8.97. The lowest BCUT2D eigenvalue weighted by atomic mass is 9.95. The minimum Gasteiger partial charge on any atom is -0.378 e. The molecular formula is C17H20FN. The van der Waals surface area contributed by atoms with E-state index in [4.69, 9.17) is 0 Å². The predicted octanol–water partition coefficient (Wildman–Crippen LogP) is 4.92. The quantitative estimate of drug-likeness (QED) is 0.822. The van der Waals surface area contributed by atoms with Gasteiger partial charge in [0.25, 0.3) is 0 Å². The molecule has 0 amide bonds. The Morgan fingerprint density at radius 3 is 2.21 bits per heavy atom. The largest absolute Gasteiger partial charge is 0.378 e. The molecule has 100 valence electrons. The summed E-state index contributed by atoms with van der Waals surface area (Å²) in [6.45, 7) is 8.46. The lowest BCUT2D eigenvalue weighted by molar-refractivity contribution is 0.628. The van der Waals surface area contributed by atoms with E-state index in [0.717, 1.165) is 5.69 Å². The van der Waals surface area contributed by atoms with Gasteiger partial charge in [-0.3, -0.25) is 0 Å². The minimum absolute atomic E-state index is 0.155. The summed E-state index contributed by atoms with van der Waals surface area (Å²) in [6, 6.07) is 11.1. The monoisotopic (exact) mass is 257 g/mol. The van der Waals surface area contributed by atoms with Crippen molar-refractivity contribution >= 4 is 5.69 Å². The molecule has 2 aromatic rings. The molecule has 0 saturated heterocycles. The molecule has 0 aliphatic carbocycles. The lowest BCUT2D eigenvalue weighted by Crippen LogP contribution is -2.10. The summed E-state index contributed by atoms with van der Waals surface area (Å²) in [5.41, 5.74) is 5.92. The van der Waals surface area contributed by atoms with Crippen LogP contribution in [0.4, 0.5) is 10.1 Å². The topological polar surface area (TPSA) is 12.0 Å². The van der Waals surface area contributed by atoms with Crippen molar-refractivity contribution in [3.05, 3.63) is 64.5 Å². The smallest absolute Gasteiger partial charge is 0.125 e. The first kappa shape index (κ1) is 13.6. The number of hydrogen-bond donors (Lipinski definition) is 1. The molecule has 1 N–H and O–H groups in total. The van der Waals surface area contributed by atoms with Crippen molar-refractivity contribution in [1.82, 2.24) is 0 Å². The number of nitrogens with one attached hydrogen (secondary N) is 1. The molecule has 2 aromatic carbocycles. The Morgan fingerprint density at radius 2 is 1.63 bits per heavy atom. The van der Waals surface area contributed by atoms with E-state index in [9.17, 15) is 4.39 Å². The summed E-state index contributed by atoms with van der Waals surface area (Å²) in [5.74, 6) is -0.213. The van der Waals surface area contributed by atoms with Crippen LogP contribution in [0.1, 0.15) is 35.2 Å². The van der Waals surface area contributed by atoms with Crippen LogP contribution in [0.3, 0.4) is 0 Å². The Morgan fingerprint density at radius 1 is 1.00 bits per heavy atom. The zero-order chi connectivity index (χ0) is 14.0. The third-order valence-corrected chi connectivity index (χ3v) is 3.38. The standard InChI is InChI=1S/C17H20FN/c1-11-8-12(2)17(13(3)9-11)14(4)19-16-7-5-6-15(18)10-16/h5-10,14,19H,1-4H3. The Labute approximate surface area is 114 Å². The normalized spacial score (nSPS) is 12.3. The van der Waals surface area contributed by atoms with Crippen LogP contribution in [0.5, 0.6) is 0 Å². The first-order valence-corrected chi connectivity index (χ1v) is 6.57. The Kier molecular flexibility index (Phi) is 3.89. The molecule has 0 fully saturated rings. The van der Waals surface area contributed by atoms with E-state index in [1.807, 2.05) is 6.07 Å². The van der Waals surface area contributed by atoms with Crippen LogP contribution in [-0.2, 0) is 0 Å². The molecule has 1 nitrogen and oxygen atoms in total. The molecule has 0 bridgehead atoms. The summed E-state index contributed by atoms with van der Waals surface area (Å²) in [4.78, 5) is 0. The zero-order valence-electron chi connectivity index (χ0n) is 11.9. The third-order valence-electron chi connectivity index (χ3n) is 3.38. The van der Waals surface area contributed by atoms with Gasteiger partial charge in [0.1, 0.15) is 5.82 Å². The second-order valence-electron chi connectivity index (χ2n) is 5.19. The van der Waals surface area contributed by atoms with E-state index in [1.54, 1.807) is 6.07 Å². The molecule has 1 unspecified atom stereocenters. The van der Waals surface area contributed by atoms with Crippen LogP contribution in [0.2, 0.25) is 0 Å². The molecule has 0 radical (unpaired) electrons. The fourth-order valence-electron chi connectivity index (χ4n) is 2.77. The van der Waals surface area contributed by atoms with Crippen molar-refractivity contribution in [3.63, 3.8) is 0 Å². The average Bonchev–Trinajstić information content (AvgIpc) is 2.27. The fourth-order valence-corrected chi connectivity index (χ4v) is 2.77. The van der Waals surface area contributed by atoms with Gasteiger partial charge in [-0.05, 0) is 62.6 Å². The molecule has 0 aliphatic rings. The van der Waals surface area contributed by atoms with Crippen molar-refractivity contribution in [2.45, 2.75) is 33.7 Å². The van der Waals surface area contributed by atoms with Gasteiger partial charge >= 0.3 is 0 Å². The highest BCUT2D eigenvalue weighted by atomic mass is 19.1. The highest BCUT2D eigenvalue weighted by molar-refractivity contribution is 5.48. The summed E-state index contributed by atoms with van der Waals surface area (Å²) in [7, 11) is 0. The van der Waals surface area contributed by atoms with Crippen molar-refractivity contribution in [1.29, 1.82) is 0 Å². The molecule has 0 aromatic heterocycles. The van der Waals surface area contributed by atoms with E-state index >= 15 is 0 Å². The second-order valence-corrected chi connectivity index (χ2v) is 5.19. The van der Waals surface area contributed by atoms with E-state index in [1.165, 1.54) is 34.4 Å². The zero-order valence-corrected chi connectivity index (χ0v) is 11.9. The number of benzene rings is 2. The van der Waals surface area contributed by atoms with Gasteiger partial charge in [-0.2, -0.15) is 0 Å². The van der Waals surface area contributed by atoms with Gasteiger partial charge < -0.3 is 5.32 Å². The van der Waals surface area contributed by atoms with E-state index in [-0.39, 0.29) is 11.9 Å². The van der Waals surface area contributed by atoms with E-state index in [2.05, 4.69) is 45.1 Å². The summed E-state index contributed by atoms with van der Waals surface area (Å²) in [6.07, 6.45) is 0. The van der Waals surface area contributed by atoms with E-state index < -0.39 is 0 Å². The number of halogens is 1. The van der Waals surface area contributed by atoms with Crippen LogP contribution in [0.25, 0.3) is 0 Å². The van der Waals surface area contributed by atoms with Crippen molar-refractivity contribution in [2.24, 2.45) is 0 Å². The van der Waals surface area contributed by atoms with Gasteiger partial charge in [0.15, 0.2) is 0 Å². The second kappa shape index (κ2) is 5.43. The predicted molar refractivity (Wildman–Crippen MR) is 79.1 cm³/mol. The molecular weight excluding hydrogens is 237 g/mol. The first-order valence-electron chi connectivity index (χ1n) is 6.57. The van der Waals surface area contributed by atoms with Crippen molar-refractivity contribution in [2.75, 3.05) is 5.32 Å². The third kappa shape index (κ3) is 3.14. The number of anilines is 1. The lowest BCUT2D eigenvalue weighted by Gasteiger charge is -2.21. The van der Waals surface area contributed by atoms with Gasteiger partial charge in [-0.25, -0.2) is 4.39 Å². The summed E-state index contributed by atoms with van der Waals surface area (Å²) < 4.78 is 13.2. The van der Waals surface area contributed by atoms with Crippen LogP contribution in [0, 0.1) is 26.6 Å². The molecule has 2 rings (SSSR count). The minimum atomic E-state index is -0.213. The van der Waals surface area contributed by atoms with Gasteiger partial charge in [0.05, 0.1) is 0 Å². The number of rotatable bonds is 3. The van der Waals surface area contributed by atoms with Gasteiger partial charge in [-0.15, -0.1) is 0 Å². The molecule has 1 atom stereocenters. The maximum absolute atomic E-state index is 13.2. The van der Waals surface area contributed by atoms with Gasteiger partial charge in [0.2, 0.25) is 0 Å². The molecule has 0 aliphatic heterocycles.